The molecule has 2 aromatic rings. The number of carbonyl (C=O) groups is 5. The van der Waals surface area contributed by atoms with Crippen LogP contribution in [0.1, 0.15) is 67.6 Å². The number of amides is 3. The molecule has 41 heavy (non-hydrogen) atoms. The Kier molecular flexibility index (Phi) is 8.65. The van der Waals surface area contributed by atoms with Gasteiger partial charge in [0.15, 0.2) is 0 Å². The number of anilines is 2. The number of primary amides is 1. The summed E-state index contributed by atoms with van der Waals surface area (Å²) in [7, 11) is 0. The third kappa shape index (κ3) is 6.34. The van der Waals surface area contributed by atoms with E-state index in [1.807, 2.05) is 18.2 Å². The van der Waals surface area contributed by atoms with E-state index in [0.29, 0.717) is 30.5 Å². The highest BCUT2D eigenvalue weighted by Crippen LogP contribution is 2.50. The lowest BCUT2D eigenvalue weighted by Gasteiger charge is -2.37. The van der Waals surface area contributed by atoms with Crippen LogP contribution in [-0.2, 0) is 25.5 Å². The summed E-state index contributed by atoms with van der Waals surface area (Å²) in [5.74, 6) is -2.84. The molecule has 3 amide bonds. The molecule has 2 aliphatic heterocycles. The minimum atomic E-state index is -1.32. The zero-order chi connectivity index (χ0) is 29.9. The first-order valence-corrected chi connectivity index (χ1v) is 13.7. The van der Waals surface area contributed by atoms with E-state index in [4.69, 9.17) is 10.5 Å². The molecule has 0 spiro atoms. The molecule has 2 aliphatic rings. The predicted octanol–water partition coefficient (Wildman–Crippen LogP) is 3.52. The number of aromatic carboxylic acids is 1. The molecule has 218 valence electrons. The molecule has 11 heteroatoms. The molecule has 2 aromatic carbocycles. The number of nitrogens with two attached hydrogens (primary N) is 1. The van der Waals surface area contributed by atoms with Crippen molar-refractivity contribution in [3.05, 3.63) is 59.2 Å². The Morgan fingerprint density at radius 1 is 1.07 bits per heavy atom. The molecule has 0 aliphatic carbocycles. The topological polar surface area (TPSA) is 159 Å². The third-order valence-electron chi connectivity index (χ3n) is 7.35. The Bertz CT molecular complexity index is 1330. The van der Waals surface area contributed by atoms with Crippen LogP contribution in [0.25, 0.3) is 0 Å². The summed E-state index contributed by atoms with van der Waals surface area (Å²) in [6, 6.07) is 8.95. The number of hydrogen-bond acceptors (Lipinski definition) is 7. The third-order valence-corrected chi connectivity index (χ3v) is 7.35. The molecule has 4 rings (SSSR count). The molecular weight excluding hydrogens is 528 g/mol. The monoisotopic (exact) mass is 564 g/mol. The highest BCUT2D eigenvalue weighted by molar-refractivity contribution is 6.05. The maximum Gasteiger partial charge on any atom is 0.337 e. The van der Waals surface area contributed by atoms with E-state index in [-0.39, 0.29) is 35.7 Å². The number of likely N-dealkylation sites (tertiary alicyclic amines) is 1. The summed E-state index contributed by atoms with van der Waals surface area (Å²) in [4.78, 5) is 67.6. The number of nitrogens with one attached hydrogen (secondary N) is 1. The normalized spacial score (nSPS) is 20.5. The molecule has 3 unspecified atom stereocenters. The van der Waals surface area contributed by atoms with E-state index in [9.17, 15) is 29.1 Å². The minimum Gasteiger partial charge on any atom is -0.478 e. The van der Waals surface area contributed by atoms with Gasteiger partial charge in [-0.1, -0.05) is 36.4 Å². The van der Waals surface area contributed by atoms with Gasteiger partial charge in [0.2, 0.25) is 5.91 Å². The van der Waals surface area contributed by atoms with Gasteiger partial charge in [0, 0.05) is 19.5 Å². The quantitative estimate of drug-likeness (QED) is 0.324. The molecule has 11 nitrogen and oxygen atoms in total. The van der Waals surface area contributed by atoms with Gasteiger partial charge < -0.3 is 35.5 Å². The average molecular weight is 565 g/mol. The van der Waals surface area contributed by atoms with Crippen molar-refractivity contribution in [3.8, 4) is 0 Å². The highest BCUT2D eigenvalue weighted by Gasteiger charge is 2.52. The number of carbonyl (C=O) groups excluding carboxylic acids is 4. The van der Waals surface area contributed by atoms with Crippen LogP contribution < -0.4 is 16.0 Å². The Hall–Kier alpha value is -4.41. The summed E-state index contributed by atoms with van der Waals surface area (Å²) in [5.41, 5.74) is 5.37. The zero-order valence-electron chi connectivity index (χ0n) is 23.5. The second-order valence-electron chi connectivity index (χ2n) is 11.3. The van der Waals surface area contributed by atoms with Crippen molar-refractivity contribution in [2.45, 2.75) is 64.1 Å². The number of esters is 1. The maximum atomic E-state index is 14.0. The second-order valence-corrected chi connectivity index (χ2v) is 11.3. The van der Waals surface area contributed by atoms with E-state index in [2.05, 4.69) is 5.32 Å². The van der Waals surface area contributed by atoms with Crippen molar-refractivity contribution in [1.82, 2.24) is 4.90 Å². The highest BCUT2D eigenvalue weighted by atomic mass is 16.6. The number of urea groups is 1. The molecule has 2 saturated heterocycles. The number of hydrogen-bond donors (Lipinski definition) is 3. The summed E-state index contributed by atoms with van der Waals surface area (Å²) in [6.07, 6.45) is 2.26. The van der Waals surface area contributed by atoms with Gasteiger partial charge in [-0.25, -0.2) is 14.4 Å². The number of carboxylic acids is 1. The van der Waals surface area contributed by atoms with Gasteiger partial charge in [0.05, 0.1) is 28.9 Å². The van der Waals surface area contributed by atoms with Crippen molar-refractivity contribution in [2.24, 2.45) is 11.7 Å². The number of nitrogens with zero attached hydrogens (tertiary/aromatic N) is 2. The Morgan fingerprint density at radius 2 is 1.73 bits per heavy atom. The molecule has 0 aromatic heterocycles. The fraction of sp³-hybridized carbons (Fsp3) is 0.433. The summed E-state index contributed by atoms with van der Waals surface area (Å²) in [5, 5.41) is 12.8. The first-order valence-electron chi connectivity index (χ1n) is 13.7. The smallest absolute Gasteiger partial charge is 0.337 e. The van der Waals surface area contributed by atoms with E-state index < -0.39 is 41.6 Å². The number of carboxylic acid groups (broad SMARTS) is 1. The molecule has 0 radical (unpaired) electrons. The Balaban J connectivity index is 2.02. The van der Waals surface area contributed by atoms with Gasteiger partial charge in [-0.3, -0.25) is 4.79 Å². The van der Waals surface area contributed by atoms with Crippen LogP contribution in [0.3, 0.4) is 0 Å². The van der Waals surface area contributed by atoms with Crippen molar-refractivity contribution >= 4 is 41.5 Å². The van der Waals surface area contributed by atoms with Crippen LogP contribution >= 0.6 is 0 Å². The van der Waals surface area contributed by atoms with Gasteiger partial charge in [0.25, 0.3) is 0 Å². The number of benzene rings is 2. The first-order chi connectivity index (χ1) is 19.4. The molecule has 2 fully saturated rings. The SMILES string of the molecule is CC(C)(C)OC(=O)C1CC(C(=O)N2CCCC2)C(c2ccccc2)N1c1c(C(=O)O)ccc(CC=O)c1NC(N)=O. The molecule has 3 atom stereocenters. The predicted molar refractivity (Wildman–Crippen MR) is 152 cm³/mol. The van der Waals surface area contributed by atoms with Gasteiger partial charge in [-0.15, -0.1) is 0 Å². The number of rotatable bonds is 8. The zero-order valence-corrected chi connectivity index (χ0v) is 23.5. The van der Waals surface area contributed by atoms with Gasteiger partial charge in [0.1, 0.15) is 17.9 Å². The van der Waals surface area contributed by atoms with Crippen molar-refractivity contribution in [3.63, 3.8) is 0 Å². The van der Waals surface area contributed by atoms with Crippen LogP contribution in [0.15, 0.2) is 42.5 Å². The summed E-state index contributed by atoms with van der Waals surface area (Å²) in [6.45, 7) is 6.35. The Labute approximate surface area is 238 Å². The Morgan fingerprint density at radius 3 is 2.29 bits per heavy atom. The van der Waals surface area contributed by atoms with E-state index in [1.54, 1.807) is 42.7 Å². The van der Waals surface area contributed by atoms with Crippen molar-refractivity contribution < 1.29 is 33.8 Å². The van der Waals surface area contributed by atoms with Gasteiger partial charge >= 0.3 is 18.0 Å². The van der Waals surface area contributed by atoms with Crippen LogP contribution in [0.4, 0.5) is 16.2 Å². The van der Waals surface area contributed by atoms with Crippen molar-refractivity contribution in [1.29, 1.82) is 0 Å². The largest absolute Gasteiger partial charge is 0.478 e. The molecule has 0 bridgehead atoms. The van der Waals surface area contributed by atoms with Crippen LogP contribution in [0.2, 0.25) is 0 Å². The lowest BCUT2D eigenvalue weighted by atomic mass is 9.91. The van der Waals surface area contributed by atoms with Gasteiger partial charge in [-0.05, 0) is 57.2 Å². The first kappa shape index (κ1) is 29.6. The molecule has 0 saturated carbocycles. The summed E-state index contributed by atoms with van der Waals surface area (Å²) < 4.78 is 5.79. The van der Waals surface area contributed by atoms with E-state index in [1.165, 1.54) is 12.1 Å². The van der Waals surface area contributed by atoms with E-state index in [0.717, 1.165) is 12.8 Å². The van der Waals surface area contributed by atoms with Crippen molar-refractivity contribution in [2.75, 3.05) is 23.3 Å². The van der Waals surface area contributed by atoms with Crippen LogP contribution in [0, 0.1) is 5.92 Å². The molecular formula is C30H36N4O7. The number of ether oxygens (including phenoxy) is 1. The minimum absolute atomic E-state index is 0.00624. The fourth-order valence-corrected chi connectivity index (χ4v) is 5.79. The number of aldehydes is 1. The average Bonchev–Trinajstić information content (AvgIpc) is 3.57. The standard InChI is InChI=1S/C30H36N4O7/c1-30(2,3)41-28(39)22-17-21(26(36)33-14-7-8-15-33)24(19-9-5-4-6-10-19)34(22)25-20(27(37)38)12-11-18(13-16-35)23(25)32-29(31)40/h4-6,9-12,16,21-22,24H,7-8,13-15,17H2,1-3H3,(H,37,38)(H3,31,32,40). The second kappa shape index (κ2) is 12.0. The van der Waals surface area contributed by atoms with Crippen LogP contribution in [-0.4, -0.2) is 64.9 Å². The molecule has 2 heterocycles. The molecule has 4 N–H and O–H groups in total. The van der Waals surface area contributed by atoms with Crippen LogP contribution in [0.5, 0.6) is 0 Å². The summed E-state index contributed by atoms with van der Waals surface area (Å²) >= 11 is 0. The maximum absolute atomic E-state index is 14.0. The lowest BCUT2D eigenvalue weighted by Crippen LogP contribution is -2.43. The fourth-order valence-electron chi connectivity index (χ4n) is 5.79. The lowest BCUT2D eigenvalue weighted by molar-refractivity contribution is -0.156. The van der Waals surface area contributed by atoms with E-state index >= 15 is 0 Å². The van der Waals surface area contributed by atoms with Gasteiger partial charge in [-0.2, -0.15) is 0 Å².